The van der Waals surface area contributed by atoms with Gasteiger partial charge in [-0.1, -0.05) is 54.6 Å². The van der Waals surface area contributed by atoms with Crippen LogP contribution in [-0.2, 0) is 25.3 Å². The van der Waals surface area contributed by atoms with Crippen molar-refractivity contribution >= 4 is 34.8 Å². The number of methoxy groups -OCH3 is 1. The molecule has 3 aromatic carbocycles. The third kappa shape index (κ3) is 4.06. The third-order valence-corrected chi connectivity index (χ3v) is 5.62. The second kappa shape index (κ2) is 9.21. The quantitative estimate of drug-likeness (QED) is 0.233. The number of benzene rings is 3. The molecule has 4 rings (SSSR count). The minimum atomic E-state index is -4.71. The fourth-order valence-electron chi connectivity index (χ4n) is 4.04. The van der Waals surface area contributed by atoms with Crippen molar-refractivity contribution in [3.8, 4) is 0 Å². The van der Waals surface area contributed by atoms with Gasteiger partial charge in [-0.2, -0.15) is 13.2 Å². The molecule has 0 spiro atoms. The summed E-state index contributed by atoms with van der Waals surface area (Å²) in [6.07, 6.45) is -4.71. The van der Waals surface area contributed by atoms with Gasteiger partial charge in [0.25, 0.3) is 11.4 Å². The number of nitrogens with zero attached hydrogens (tertiary/aromatic N) is 1. The van der Waals surface area contributed by atoms with Crippen LogP contribution in [0.15, 0.2) is 90.5 Å². The summed E-state index contributed by atoms with van der Waals surface area (Å²) in [7, 11) is 0.992. The summed E-state index contributed by atoms with van der Waals surface area (Å²) in [5, 5.41) is 13.8. The molecular weight excluding hydrogens is 477 g/mol. The van der Waals surface area contributed by atoms with Gasteiger partial charge >= 0.3 is 18.1 Å². The fraction of sp³-hybridized carbons (Fsp3) is 0.115. The molecule has 2 N–H and O–H groups in total. The van der Waals surface area contributed by atoms with Crippen LogP contribution in [0.25, 0.3) is 5.76 Å². The monoisotopic (exact) mass is 496 g/mol. The largest absolute Gasteiger partial charge is 0.507 e. The first kappa shape index (κ1) is 24.5. The number of Topliss-reactive ketones (excluding diaryl/α,β-unsaturated/α-hetero) is 1. The average molecular weight is 496 g/mol. The Bertz CT molecular complexity index is 1360. The Kier molecular flexibility index (Phi) is 6.28. The molecule has 1 amide bonds. The van der Waals surface area contributed by atoms with Gasteiger partial charge in [0.05, 0.1) is 12.7 Å². The number of esters is 1. The normalized spacial score (nSPS) is 19.3. The lowest BCUT2D eigenvalue weighted by Crippen LogP contribution is -2.59. The summed E-state index contributed by atoms with van der Waals surface area (Å²) in [5.74, 6) is -4.34. The SMILES string of the molecule is COC(=O)C1(Nc2cccc(C(F)(F)F)c2)C(=C(O)c2ccccc2)C(=O)C(=O)N1c1ccccc1. The molecule has 1 aliphatic heterocycles. The minimum Gasteiger partial charge on any atom is -0.507 e. The molecule has 1 saturated heterocycles. The number of amides is 1. The molecule has 0 aromatic heterocycles. The number of halogens is 3. The fourth-order valence-corrected chi connectivity index (χ4v) is 4.04. The van der Waals surface area contributed by atoms with Gasteiger partial charge in [0, 0.05) is 16.9 Å². The predicted octanol–water partition coefficient (Wildman–Crippen LogP) is 4.57. The maximum Gasteiger partial charge on any atom is 0.416 e. The van der Waals surface area contributed by atoms with Crippen molar-refractivity contribution < 1.29 is 37.4 Å². The Morgan fingerprint density at radius 3 is 2.14 bits per heavy atom. The second-order valence-corrected chi connectivity index (χ2v) is 7.80. The number of hydrogen-bond acceptors (Lipinski definition) is 6. The number of nitrogens with one attached hydrogen (secondary N) is 1. The van der Waals surface area contributed by atoms with Gasteiger partial charge in [-0.15, -0.1) is 0 Å². The van der Waals surface area contributed by atoms with E-state index in [2.05, 4.69) is 5.32 Å². The van der Waals surface area contributed by atoms with Crippen LogP contribution < -0.4 is 10.2 Å². The van der Waals surface area contributed by atoms with E-state index in [1.54, 1.807) is 24.3 Å². The van der Waals surface area contributed by atoms with E-state index in [4.69, 9.17) is 4.74 Å². The summed E-state index contributed by atoms with van der Waals surface area (Å²) >= 11 is 0. The topological polar surface area (TPSA) is 95.9 Å². The van der Waals surface area contributed by atoms with Crippen molar-refractivity contribution in [1.82, 2.24) is 0 Å². The predicted molar refractivity (Wildman–Crippen MR) is 125 cm³/mol. The number of ether oxygens (including phenoxy) is 1. The smallest absolute Gasteiger partial charge is 0.416 e. The van der Waals surface area contributed by atoms with Crippen molar-refractivity contribution in [1.29, 1.82) is 0 Å². The molecule has 36 heavy (non-hydrogen) atoms. The first-order valence-electron chi connectivity index (χ1n) is 10.6. The average Bonchev–Trinajstić information content (AvgIpc) is 3.10. The summed E-state index contributed by atoms with van der Waals surface area (Å²) < 4.78 is 45.2. The number of carbonyl (C=O) groups is 3. The minimum absolute atomic E-state index is 0.0663. The van der Waals surface area contributed by atoms with Crippen LogP contribution in [0.2, 0.25) is 0 Å². The first-order chi connectivity index (χ1) is 17.1. The molecular formula is C26H19F3N2O5. The summed E-state index contributed by atoms with van der Waals surface area (Å²) in [5.41, 5.74) is -4.34. The van der Waals surface area contributed by atoms with Crippen molar-refractivity contribution in [2.75, 3.05) is 17.3 Å². The van der Waals surface area contributed by atoms with Crippen LogP contribution in [0.4, 0.5) is 24.5 Å². The molecule has 184 valence electrons. The van der Waals surface area contributed by atoms with Gasteiger partial charge in [-0.25, -0.2) is 4.79 Å². The van der Waals surface area contributed by atoms with Crippen LogP contribution in [0.5, 0.6) is 0 Å². The molecule has 1 unspecified atom stereocenters. The Balaban J connectivity index is 2.05. The van der Waals surface area contributed by atoms with E-state index < -0.39 is 46.4 Å². The van der Waals surface area contributed by atoms with Crippen LogP contribution in [0, 0.1) is 0 Å². The first-order valence-corrected chi connectivity index (χ1v) is 10.6. The van der Waals surface area contributed by atoms with Crippen LogP contribution in [0.1, 0.15) is 11.1 Å². The van der Waals surface area contributed by atoms with Crippen LogP contribution in [0.3, 0.4) is 0 Å². The molecule has 0 radical (unpaired) electrons. The van der Waals surface area contributed by atoms with Gasteiger partial charge in [0.2, 0.25) is 0 Å². The van der Waals surface area contributed by atoms with Gasteiger partial charge in [-0.3, -0.25) is 14.5 Å². The molecule has 1 atom stereocenters. The second-order valence-electron chi connectivity index (χ2n) is 7.80. The zero-order valence-corrected chi connectivity index (χ0v) is 18.7. The van der Waals surface area contributed by atoms with E-state index in [0.717, 1.165) is 30.2 Å². The zero-order valence-electron chi connectivity index (χ0n) is 18.7. The highest BCUT2D eigenvalue weighted by molar-refractivity contribution is 6.54. The van der Waals surface area contributed by atoms with Gasteiger partial charge in [0.15, 0.2) is 0 Å². The summed E-state index contributed by atoms with van der Waals surface area (Å²) in [6.45, 7) is 0. The van der Waals surface area contributed by atoms with Crippen molar-refractivity contribution in [3.63, 3.8) is 0 Å². The third-order valence-electron chi connectivity index (χ3n) is 5.62. The molecule has 7 nitrogen and oxygen atoms in total. The molecule has 0 saturated carbocycles. The van der Waals surface area contributed by atoms with Crippen molar-refractivity contribution in [2.24, 2.45) is 0 Å². The van der Waals surface area contributed by atoms with E-state index in [-0.39, 0.29) is 16.9 Å². The molecule has 1 heterocycles. The highest BCUT2D eigenvalue weighted by Crippen LogP contribution is 2.42. The number of hydrogen-bond donors (Lipinski definition) is 2. The van der Waals surface area contributed by atoms with E-state index in [1.165, 1.54) is 42.5 Å². The highest BCUT2D eigenvalue weighted by atomic mass is 19.4. The number of para-hydroxylation sites is 1. The van der Waals surface area contributed by atoms with Gasteiger partial charge in [0.1, 0.15) is 11.3 Å². The lowest BCUT2D eigenvalue weighted by atomic mass is 9.94. The van der Waals surface area contributed by atoms with E-state index in [9.17, 15) is 32.7 Å². The number of aliphatic hydroxyl groups is 1. The summed E-state index contributed by atoms with van der Waals surface area (Å²) in [6, 6.07) is 19.1. The van der Waals surface area contributed by atoms with Gasteiger partial charge in [-0.05, 0) is 30.3 Å². The number of anilines is 2. The molecule has 1 aliphatic rings. The van der Waals surface area contributed by atoms with E-state index >= 15 is 0 Å². The zero-order chi connectivity index (χ0) is 26.1. The maximum atomic E-state index is 13.4. The number of alkyl halides is 3. The molecule has 3 aromatic rings. The van der Waals surface area contributed by atoms with Crippen LogP contribution in [-0.4, -0.2) is 35.5 Å². The number of rotatable bonds is 5. The number of carbonyl (C=O) groups excluding carboxylic acids is 3. The molecule has 0 bridgehead atoms. The molecule has 10 heteroatoms. The Morgan fingerprint density at radius 2 is 1.56 bits per heavy atom. The lowest BCUT2D eigenvalue weighted by Gasteiger charge is -2.37. The Morgan fingerprint density at radius 1 is 0.944 bits per heavy atom. The Labute approximate surface area is 203 Å². The Hall–Kier alpha value is -4.60. The van der Waals surface area contributed by atoms with Crippen LogP contribution >= 0.6 is 0 Å². The summed E-state index contributed by atoms with van der Waals surface area (Å²) in [4.78, 5) is 40.8. The standard InChI is InChI=1S/C26H19F3N2O5/c1-36-24(35)25(30-18-12-8-11-17(15-18)26(27,28)29)20(21(32)16-9-4-2-5-10-16)22(33)23(34)31(25)19-13-6-3-7-14-19/h2-15,30,32H,1H3. The molecule has 1 fully saturated rings. The van der Waals surface area contributed by atoms with E-state index in [1.807, 2.05) is 0 Å². The van der Waals surface area contributed by atoms with Crippen molar-refractivity contribution in [3.05, 3.63) is 102 Å². The lowest BCUT2D eigenvalue weighted by molar-refractivity contribution is -0.145. The van der Waals surface area contributed by atoms with Crippen molar-refractivity contribution in [2.45, 2.75) is 11.8 Å². The number of ketones is 1. The molecule has 0 aliphatic carbocycles. The van der Waals surface area contributed by atoms with E-state index in [0.29, 0.717) is 0 Å². The maximum absolute atomic E-state index is 13.4. The highest BCUT2D eigenvalue weighted by Gasteiger charge is 2.63. The van der Waals surface area contributed by atoms with Gasteiger partial charge < -0.3 is 15.2 Å². The number of aliphatic hydroxyl groups excluding tert-OH is 1.